The number of rotatable bonds is 7. The fourth-order valence-electron chi connectivity index (χ4n) is 1.73. The van der Waals surface area contributed by atoms with E-state index >= 15 is 0 Å². The first-order valence-electron chi connectivity index (χ1n) is 5.85. The van der Waals surface area contributed by atoms with E-state index in [0.29, 0.717) is 6.42 Å². The third-order valence-electron chi connectivity index (χ3n) is 2.76. The molecule has 0 aliphatic carbocycles. The summed E-state index contributed by atoms with van der Waals surface area (Å²) < 4.78 is 27.1. The molecule has 0 aliphatic heterocycles. The van der Waals surface area contributed by atoms with Crippen LogP contribution in [0.3, 0.4) is 0 Å². The van der Waals surface area contributed by atoms with E-state index in [-0.39, 0.29) is 30.3 Å². The van der Waals surface area contributed by atoms with Crippen molar-refractivity contribution in [1.29, 1.82) is 0 Å². The van der Waals surface area contributed by atoms with Crippen LogP contribution in [-0.2, 0) is 17.1 Å². The molecule has 1 aromatic heterocycles. The number of aryl methyl sites for hydroxylation is 1. The third-order valence-corrected chi connectivity index (χ3v) is 4.69. The Morgan fingerprint density at radius 3 is 2.53 bits per heavy atom. The number of sulfonamides is 1. The van der Waals surface area contributed by atoms with Crippen LogP contribution in [0.1, 0.15) is 23.8 Å². The van der Waals surface area contributed by atoms with Crippen molar-refractivity contribution in [3.8, 4) is 0 Å². The van der Waals surface area contributed by atoms with E-state index in [1.165, 1.54) is 22.1 Å². The molecule has 0 saturated heterocycles. The Morgan fingerprint density at radius 2 is 2.11 bits per heavy atom. The minimum atomic E-state index is -3.72. The zero-order valence-corrected chi connectivity index (χ0v) is 11.7. The summed E-state index contributed by atoms with van der Waals surface area (Å²) >= 11 is 0. The number of aromatic carboxylic acids is 1. The quantitative estimate of drug-likeness (QED) is 0.743. The molecule has 1 heterocycles. The average molecular weight is 290 g/mol. The van der Waals surface area contributed by atoms with Gasteiger partial charge in [0.1, 0.15) is 10.6 Å². The Labute approximate surface area is 112 Å². The van der Waals surface area contributed by atoms with Crippen LogP contribution in [0.15, 0.2) is 17.2 Å². The minimum absolute atomic E-state index is 0.0489. The zero-order chi connectivity index (χ0) is 14.6. The molecule has 7 nitrogen and oxygen atoms in total. The van der Waals surface area contributed by atoms with Gasteiger partial charge in [0, 0.05) is 32.9 Å². The third kappa shape index (κ3) is 3.34. The molecule has 8 heteroatoms. The predicted molar refractivity (Wildman–Crippen MR) is 68.5 cm³/mol. The number of aliphatic hydroxyl groups excluding tert-OH is 1. The lowest BCUT2D eigenvalue weighted by atomic mass is 10.4. The number of aromatic nitrogens is 1. The fourth-order valence-corrected chi connectivity index (χ4v) is 3.29. The van der Waals surface area contributed by atoms with Crippen LogP contribution in [0.25, 0.3) is 0 Å². The maximum atomic E-state index is 12.3. The summed E-state index contributed by atoms with van der Waals surface area (Å²) in [5.74, 6) is -1.18. The molecule has 19 heavy (non-hydrogen) atoms. The van der Waals surface area contributed by atoms with E-state index in [0.717, 1.165) is 6.07 Å². The van der Waals surface area contributed by atoms with Gasteiger partial charge in [-0.3, -0.25) is 0 Å². The van der Waals surface area contributed by atoms with Crippen LogP contribution < -0.4 is 0 Å². The molecule has 0 unspecified atom stereocenters. The van der Waals surface area contributed by atoms with Crippen molar-refractivity contribution in [2.24, 2.45) is 7.05 Å². The van der Waals surface area contributed by atoms with Gasteiger partial charge in [-0.2, -0.15) is 4.31 Å². The van der Waals surface area contributed by atoms with Crippen molar-refractivity contribution >= 4 is 16.0 Å². The maximum Gasteiger partial charge on any atom is 0.352 e. The molecule has 0 spiro atoms. The average Bonchev–Trinajstić information content (AvgIpc) is 2.73. The smallest absolute Gasteiger partial charge is 0.352 e. The van der Waals surface area contributed by atoms with Gasteiger partial charge in [0.15, 0.2) is 0 Å². The van der Waals surface area contributed by atoms with Crippen molar-refractivity contribution in [2.45, 2.75) is 18.2 Å². The van der Waals surface area contributed by atoms with Crippen LogP contribution in [-0.4, -0.2) is 53.2 Å². The number of carboxylic acid groups (broad SMARTS) is 1. The normalized spacial score (nSPS) is 12.0. The van der Waals surface area contributed by atoms with Crippen LogP contribution in [0.4, 0.5) is 0 Å². The first-order valence-corrected chi connectivity index (χ1v) is 7.29. The second kappa shape index (κ2) is 6.18. The van der Waals surface area contributed by atoms with Gasteiger partial charge >= 0.3 is 5.97 Å². The van der Waals surface area contributed by atoms with Crippen molar-refractivity contribution < 1.29 is 23.4 Å². The Hall–Kier alpha value is -1.38. The van der Waals surface area contributed by atoms with E-state index in [4.69, 9.17) is 10.2 Å². The summed E-state index contributed by atoms with van der Waals surface area (Å²) in [5.41, 5.74) is -0.0863. The molecule has 0 amide bonds. The molecule has 0 radical (unpaired) electrons. The van der Waals surface area contributed by atoms with Crippen LogP contribution >= 0.6 is 0 Å². The monoisotopic (exact) mass is 290 g/mol. The molecule has 0 saturated carbocycles. The molecule has 0 atom stereocenters. The molecule has 2 N–H and O–H groups in total. The zero-order valence-electron chi connectivity index (χ0n) is 10.9. The number of hydrogen-bond acceptors (Lipinski definition) is 4. The summed E-state index contributed by atoms with van der Waals surface area (Å²) in [7, 11) is -2.24. The Balaban J connectivity index is 3.11. The van der Waals surface area contributed by atoms with Gasteiger partial charge in [0.05, 0.1) is 0 Å². The number of carbonyl (C=O) groups is 1. The van der Waals surface area contributed by atoms with E-state index in [2.05, 4.69) is 0 Å². The summed E-state index contributed by atoms with van der Waals surface area (Å²) in [5, 5.41) is 17.7. The highest BCUT2D eigenvalue weighted by atomic mass is 32.2. The number of carboxylic acids is 1. The van der Waals surface area contributed by atoms with Crippen molar-refractivity contribution in [2.75, 3.05) is 19.7 Å². The molecule has 0 aliphatic rings. The second-order valence-electron chi connectivity index (χ2n) is 4.05. The van der Waals surface area contributed by atoms with E-state index < -0.39 is 16.0 Å². The second-order valence-corrected chi connectivity index (χ2v) is 5.99. The number of nitrogens with zero attached hydrogens (tertiary/aromatic N) is 2. The summed E-state index contributed by atoms with van der Waals surface area (Å²) in [6, 6.07) is 1.14. The first kappa shape index (κ1) is 15.7. The largest absolute Gasteiger partial charge is 0.477 e. The molecular formula is C11H18N2O5S. The van der Waals surface area contributed by atoms with Crippen LogP contribution in [0, 0.1) is 0 Å². The highest BCUT2D eigenvalue weighted by molar-refractivity contribution is 7.89. The van der Waals surface area contributed by atoms with Crippen LogP contribution in [0.5, 0.6) is 0 Å². The highest BCUT2D eigenvalue weighted by Gasteiger charge is 2.25. The SMILES string of the molecule is CCN(CCCO)S(=O)(=O)c1cc(C(=O)O)n(C)c1. The van der Waals surface area contributed by atoms with Crippen LogP contribution in [0.2, 0.25) is 0 Å². The van der Waals surface area contributed by atoms with Gasteiger partial charge in [-0.1, -0.05) is 6.92 Å². The van der Waals surface area contributed by atoms with Crippen molar-refractivity contribution in [1.82, 2.24) is 8.87 Å². The lowest BCUT2D eigenvalue weighted by Gasteiger charge is -2.19. The van der Waals surface area contributed by atoms with Crippen molar-refractivity contribution in [3.63, 3.8) is 0 Å². The maximum absolute atomic E-state index is 12.3. The first-order chi connectivity index (χ1) is 8.84. The molecule has 0 fully saturated rings. The van der Waals surface area contributed by atoms with E-state index in [9.17, 15) is 13.2 Å². The minimum Gasteiger partial charge on any atom is -0.477 e. The lowest BCUT2D eigenvalue weighted by molar-refractivity contribution is 0.0686. The molecule has 0 bridgehead atoms. The highest BCUT2D eigenvalue weighted by Crippen LogP contribution is 2.18. The molecular weight excluding hydrogens is 272 g/mol. The summed E-state index contributed by atoms with van der Waals surface area (Å²) in [6.07, 6.45) is 1.62. The Bertz CT molecular complexity index is 549. The summed E-state index contributed by atoms with van der Waals surface area (Å²) in [6.45, 7) is 2.06. The Kier molecular flexibility index (Phi) is 5.10. The van der Waals surface area contributed by atoms with Gasteiger partial charge in [-0.05, 0) is 12.5 Å². The lowest BCUT2D eigenvalue weighted by Crippen LogP contribution is -2.32. The molecule has 1 rings (SSSR count). The van der Waals surface area contributed by atoms with E-state index in [1.54, 1.807) is 6.92 Å². The molecule has 108 valence electrons. The number of hydrogen-bond donors (Lipinski definition) is 2. The topological polar surface area (TPSA) is 99.8 Å². The van der Waals surface area contributed by atoms with Gasteiger partial charge in [-0.25, -0.2) is 13.2 Å². The van der Waals surface area contributed by atoms with Gasteiger partial charge in [0.2, 0.25) is 10.0 Å². The Morgan fingerprint density at radius 1 is 1.47 bits per heavy atom. The van der Waals surface area contributed by atoms with Gasteiger partial charge in [0.25, 0.3) is 0 Å². The summed E-state index contributed by atoms with van der Waals surface area (Å²) in [4.78, 5) is 10.9. The fraction of sp³-hybridized carbons (Fsp3) is 0.545. The van der Waals surface area contributed by atoms with Gasteiger partial charge < -0.3 is 14.8 Å². The van der Waals surface area contributed by atoms with Crippen molar-refractivity contribution in [3.05, 3.63) is 18.0 Å². The van der Waals surface area contributed by atoms with E-state index in [1.807, 2.05) is 0 Å². The standard InChI is InChI=1S/C11H18N2O5S/c1-3-13(5-4-6-14)19(17,18)9-7-10(11(15)16)12(2)8-9/h7-8,14H,3-6H2,1-2H3,(H,15,16). The predicted octanol–water partition coefficient (Wildman–Crippen LogP) is 0.116. The molecule has 0 aromatic carbocycles. The molecule has 1 aromatic rings. The number of aliphatic hydroxyl groups is 1. The van der Waals surface area contributed by atoms with Gasteiger partial charge in [-0.15, -0.1) is 0 Å².